The molecule has 0 unspecified atom stereocenters. The van der Waals surface area contributed by atoms with Gasteiger partial charge in [-0.05, 0) is 41.8 Å². The lowest BCUT2D eigenvalue weighted by Crippen LogP contribution is -2.10. The zero-order chi connectivity index (χ0) is 10.7. The number of benzene rings is 2. The first-order chi connectivity index (χ1) is 7.83. The molecule has 0 N–H and O–H groups in total. The Kier molecular flexibility index (Phi) is 1.33. The highest BCUT2D eigenvalue weighted by Gasteiger charge is 2.21. The van der Waals surface area contributed by atoms with Crippen LogP contribution in [0.15, 0.2) is 30.3 Å². The summed E-state index contributed by atoms with van der Waals surface area (Å²) in [5, 5.41) is 0. The third-order valence-corrected chi connectivity index (χ3v) is 3.50. The van der Waals surface area contributed by atoms with E-state index in [0.29, 0.717) is 0 Å². The molecule has 0 atom stereocenters. The monoisotopic (exact) mass is 206 g/mol. The molecule has 76 valence electrons. The Morgan fingerprint density at radius 1 is 1.00 bits per heavy atom. The highest BCUT2D eigenvalue weighted by molar-refractivity contribution is 5.91. The van der Waals surface area contributed by atoms with Gasteiger partial charge in [0, 0.05) is 6.42 Å². The number of aryl methyl sites for hydroxylation is 1. The number of hydrogen-bond donors (Lipinski definition) is 0. The molecule has 2 heteroatoms. The minimum Gasteiger partial charge on any atom is -0.244 e. The minimum absolute atomic E-state index is 0.984. The molecule has 1 aromatic heterocycles. The van der Waals surface area contributed by atoms with Gasteiger partial charge in [0.05, 0.1) is 22.1 Å². The molecule has 0 fully saturated rings. The SMILES string of the molecule is Cc1c2cc3nc4ccccc4nc3c1C2. The van der Waals surface area contributed by atoms with E-state index < -0.39 is 0 Å². The predicted molar refractivity (Wildman–Crippen MR) is 64.6 cm³/mol. The fourth-order valence-corrected chi connectivity index (χ4v) is 2.46. The fraction of sp³-hybridized carbons (Fsp3) is 0.143. The Hall–Kier alpha value is -1.96. The summed E-state index contributed by atoms with van der Waals surface area (Å²) in [6.45, 7) is 2.17. The van der Waals surface area contributed by atoms with Crippen molar-refractivity contribution in [2.24, 2.45) is 0 Å². The van der Waals surface area contributed by atoms with Gasteiger partial charge >= 0.3 is 0 Å². The van der Waals surface area contributed by atoms with Gasteiger partial charge in [0.25, 0.3) is 0 Å². The van der Waals surface area contributed by atoms with Crippen molar-refractivity contribution < 1.29 is 0 Å². The van der Waals surface area contributed by atoms with E-state index >= 15 is 0 Å². The quantitative estimate of drug-likeness (QED) is 0.413. The van der Waals surface area contributed by atoms with Crippen LogP contribution in [0.4, 0.5) is 0 Å². The number of rotatable bonds is 0. The summed E-state index contributed by atoms with van der Waals surface area (Å²) in [6, 6.07) is 10.2. The summed E-state index contributed by atoms with van der Waals surface area (Å²) in [6.07, 6.45) is 1.08. The van der Waals surface area contributed by atoms with Crippen molar-refractivity contribution in [3.05, 3.63) is 47.0 Å². The number of aromatic nitrogens is 2. The lowest BCUT2D eigenvalue weighted by Gasteiger charge is -2.22. The molecule has 1 heterocycles. The van der Waals surface area contributed by atoms with Gasteiger partial charge in [0.1, 0.15) is 0 Å². The summed E-state index contributed by atoms with van der Waals surface area (Å²) in [4.78, 5) is 9.38. The Labute approximate surface area is 93.0 Å². The molecule has 0 radical (unpaired) electrons. The normalized spacial score (nSPS) is 13.1. The van der Waals surface area contributed by atoms with Crippen molar-refractivity contribution in [3.8, 4) is 0 Å². The molecule has 3 aromatic rings. The van der Waals surface area contributed by atoms with E-state index in [-0.39, 0.29) is 0 Å². The van der Waals surface area contributed by atoms with Gasteiger partial charge in [-0.3, -0.25) is 0 Å². The molecule has 2 aliphatic carbocycles. The third-order valence-electron chi connectivity index (χ3n) is 3.50. The second-order valence-corrected chi connectivity index (χ2v) is 4.40. The largest absolute Gasteiger partial charge is 0.244 e. The second kappa shape index (κ2) is 2.59. The summed E-state index contributed by atoms with van der Waals surface area (Å²) in [5.41, 5.74) is 8.31. The highest BCUT2D eigenvalue weighted by atomic mass is 14.8. The maximum absolute atomic E-state index is 4.72. The number of nitrogens with zero attached hydrogens (tertiary/aromatic N) is 2. The average molecular weight is 206 g/mol. The van der Waals surface area contributed by atoms with Crippen molar-refractivity contribution in [1.29, 1.82) is 0 Å². The van der Waals surface area contributed by atoms with E-state index in [2.05, 4.69) is 18.0 Å². The third kappa shape index (κ3) is 0.871. The molecule has 5 rings (SSSR count). The molecule has 0 spiro atoms. The van der Waals surface area contributed by atoms with E-state index in [4.69, 9.17) is 4.98 Å². The lowest BCUT2D eigenvalue weighted by atomic mass is 9.84. The summed E-state index contributed by atoms with van der Waals surface area (Å²) in [7, 11) is 0. The summed E-state index contributed by atoms with van der Waals surface area (Å²) >= 11 is 0. The zero-order valence-electron chi connectivity index (χ0n) is 8.99. The molecule has 2 aliphatic rings. The Morgan fingerprint density at radius 2 is 1.75 bits per heavy atom. The van der Waals surface area contributed by atoms with E-state index in [9.17, 15) is 0 Å². The van der Waals surface area contributed by atoms with Crippen LogP contribution in [0.2, 0.25) is 0 Å². The summed E-state index contributed by atoms with van der Waals surface area (Å²) < 4.78 is 0. The number of hydrogen-bond acceptors (Lipinski definition) is 2. The van der Waals surface area contributed by atoms with Gasteiger partial charge in [-0.15, -0.1) is 0 Å². The van der Waals surface area contributed by atoms with Crippen LogP contribution in [-0.2, 0) is 6.42 Å². The van der Waals surface area contributed by atoms with Gasteiger partial charge in [0.15, 0.2) is 0 Å². The second-order valence-electron chi connectivity index (χ2n) is 4.40. The van der Waals surface area contributed by atoms with E-state index in [1.54, 1.807) is 0 Å². The smallest absolute Gasteiger partial charge is 0.0932 e. The van der Waals surface area contributed by atoms with Gasteiger partial charge in [-0.2, -0.15) is 0 Å². The number of para-hydroxylation sites is 2. The first-order valence-corrected chi connectivity index (χ1v) is 5.51. The molecule has 16 heavy (non-hydrogen) atoms. The van der Waals surface area contributed by atoms with Gasteiger partial charge in [-0.25, -0.2) is 9.97 Å². The van der Waals surface area contributed by atoms with Crippen LogP contribution in [0.25, 0.3) is 22.1 Å². The van der Waals surface area contributed by atoms with Crippen LogP contribution in [0, 0.1) is 6.92 Å². The Morgan fingerprint density at radius 3 is 2.50 bits per heavy atom. The molecule has 2 nitrogen and oxygen atoms in total. The molecular formula is C14H10N2. The van der Waals surface area contributed by atoms with Crippen LogP contribution in [-0.4, -0.2) is 9.97 Å². The highest BCUT2D eigenvalue weighted by Crippen LogP contribution is 2.35. The van der Waals surface area contributed by atoms with Crippen molar-refractivity contribution >= 4 is 22.1 Å². The van der Waals surface area contributed by atoms with Gasteiger partial charge < -0.3 is 0 Å². The zero-order valence-corrected chi connectivity index (χ0v) is 8.99. The maximum Gasteiger partial charge on any atom is 0.0932 e. The van der Waals surface area contributed by atoms with Crippen LogP contribution < -0.4 is 0 Å². The molecule has 0 saturated carbocycles. The average Bonchev–Trinajstić information content (AvgIpc) is 2.34. The van der Waals surface area contributed by atoms with Gasteiger partial charge in [0.2, 0.25) is 0 Å². The van der Waals surface area contributed by atoms with Crippen molar-refractivity contribution in [1.82, 2.24) is 9.97 Å². The lowest BCUT2D eigenvalue weighted by molar-refractivity contribution is 1.03. The first kappa shape index (κ1) is 8.22. The molecular weight excluding hydrogens is 196 g/mol. The predicted octanol–water partition coefficient (Wildman–Crippen LogP) is 3.00. The molecule has 2 bridgehead atoms. The van der Waals surface area contributed by atoms with Crippen molar-refractivity contribution in [3.63, 3.8) is 0 Å². The van der Waals surface area contributed by atoms with Crippen LogP contribution in [0.3, 0.4) is 0 Å². The van der Waals surface area contributed by atoms with Crippen molar-refractivity contribution in [2.75, 3.05) is 0 Å². The molecule has 0 aliphatic heterocycles. The van der Waals surface area contributed by atoms with Crippen LogP contribution >= 0.6 is 0 Å². The minimum atomic E-state index is 0.984. The van der Waals surface area contributed by atoms with E-state index in [1.807, 2.05) is 24.3 Å². The maximum atomic E-state index is 4.72. The van der Waals surface area contributed by atoms with Crippen molar-refractivity contribution in [2.45, 2.75) is 13.3 Å². The topological polar surface area (TPSA) is 25.8 Å². The molecule has 2 aromatic carbocycles. The first-order valence-electron chi connectivity index (χ1n) is 5.51. The van der Waals surface area contributed by atoms with Crippen LogP contribution in [0.1, 0.15) is 16.7 Å². The standard InChI is InChI=1S/C14H10N2/c1-8-9-6-10(8)14-13(7-9)15-11-4-2-3-5-12(11)16-14/h2-5,7H,6H2,1H3. The van der Waals surface area contributed by atoms with E-state index in [1.165, 1.54) is 16.7 Å². The summed E-state index contributed by atoms with van der Waals surface area (Å²) in [5.74, 6) is 0. The van der Waals surface area contributed by atoms with Gasteiger partial charge in [-0.1, -0.05) is 12.1 Å². The molecule has 0 saturated heterocycles. The molecule has 0 amide bonds. The Balaban J connectivity index is 2.24. The van der Waals surface area contributed by atoms with E-state index in [0.717, 1.165) is 28.5 Å². The Bertz CT molecular complexity index is 744. The fourth-order valence-electron chi connectivity index (χ4n) is 2.46. The number of fused-ring (bicyclic) bond motifs is 1. The van der Waals surface area contributed by atoms with Crippen LogP contribution in [0.5, 0.6) is 0 Å².